The molecule has 1 atom stereocenters. The van der Waals surface area contributed by atoms with Crippen molar-refractivity contribution in [1.29, 1.82) is 0 Å². The molecule has 0 radical (unpaired) electrons. The first-order chi connectivity index (χ1) is 12.1. The summed E-state index contributed by atoms with van der Waals surface area (Å²) in [7, 11) is 0. The van der Waals surface area contributed by atoms with Crippen molar-refractivity contribution in [3.63, 3.8) is 0 Å². The van der Waals surface area contributed by atoms with Crippen LogP contribution < -0.4 is 0 Å². The van der Waals surface area contributed by atoms with Crippen molar-refractivity contribution in [2.24, 2.45) is 16.3 Å². The molecule has 1 saturated heterocycles. The molecule has 1 heterocycles. The molecular weight excluding hydrogens is 336 g/mol. The summed E-state index contributed by atoms with van der Waals surface area (Å²) < 4.78 is 5.31. The fraction of sp³-hybridized carbons (Fsp3) is 0.684. The number of carbonyl (C=O) groups excluding carboxylic acids is 2. The lowest BCUT2D eigenvalue weighted by Gasteiger charge is -2.32. The largest absolute Gasteiger partial charge is 0.481 e. The van der Waals surface area contributed by atoms with Gasteiger partial charge in [-0.2, -0.15) is 0 Å². The summed E-state index contributed by atoms with van der Waals surface area (Å²) in [6, 6.07) is 0. The highest BCUT2D eigenvalue weighted by molar-refractivity contribution is 6.53. The molecule has 1 aliphatic carbocycles. The molecule has 0 spiro atoms. The van der Waals surface area contributed by atoms with Crippen LogP contribution in [0, 0.1) is 11.3 Å². The number of ketones is 2. The minimum Gasteiger partial charge on any atom is -0.481 e. The first kappa shape index (κ1) is 20.5. The Balaban J connectivity index is 2.23. The van der Waals surface area contributed by atoms with E-state index in [1.165, 1.54) is 0 Å². The monoisotopic (exact) mass is 364 g/mol. The minimum atomic E-state index is -1.00. The third-order valence-corrected chi connectivity index (χ3v) is 5.08. The van der Waals surface area contributed by atoms with Gasteiger partial charge < -0.3 is 9.84 Å². The van der Waals surface area contributed by atoms with Gasteiger partial charge in [-0.25, -0.2) is 0 Å². The van der Waals surface area contributed by atoms with Gasteiger partial charge in [0.25, 0.3) is 0 Å². The van der Waals surface area contributed by atoms with Crippen molar-refractivity contribution in [2.75, 3.05) is 39.4 Å². The molecule has 0 saturated carbocycles. The zero-order chi connectivity index (χ0) is 19.5. The normalized spacial score (nSPS) is 24.5. The van der Waals surface area contributed by atoms with Crippen LogP contribution in [0.25, 0.3) is 0 Å². The molecule has 0 aromatic rings. The summed E-state index contributed by atoms with van der Waals surface area (Å²) in [5.41, 5.74) is -0.0235. The van der Waals surface area contributed by atoms with Crippen molar-refractivity contribution in [1.82, 2.24) is 4.90 Å². The Morgan fingerprint density at radius 1 is 1.31 bits per heavy atom. The number of ether oxygens (including phenoxy) is 1. The maximum Gasteiger partial charge on any atom is 0.304 e. The molecule has 2 rings (SSSR count). The number of Topliss-reactive ketones (excluding diaryl/α,β-unsaturated/α-hetero) is 2. The van der Waals surface area contributed by atoms with E-state index in [0.717, 1.165) is 13.1 Å². The second-order valence-corrected chi connectivity index (χ2v) is 7.59. The fourth-order valence-electron chi connectivity index (χ4n) is 3.69. The van der Waals surface area contributed by atoms with E-state index in [1.807, 2.05) is 0 Å². The third kappa shape index (κ3) is 4.45. The third-order valence-electron chi connectivity index (χ3n) is 5.08. The molecule has 1 aliphatic heterocycles. The van der Waals surface area contributed by atoms with Gasteiger partial charge in [-0.1, -0.05) is 13.8 Å². The van der Waals surface area contributed by atoms with Crippen LogP contribution in [0.15, 0.2) is 16.1 Å². The molecule has 0 aromatic heterocycles. The molecule has 7 heteroatoms. The summed E-state index contributed by atoms with van der Waals surface area (Å²) in [5.74, 6) is -2.03. The average molecular weight is 364 g/mol. The quantitative estimate of drug-likeness (QED) is 0.765. The van der Waals surface area contributed by atoms with E-state index in [4.69, 9.17) is 9.84 Å². The number of morpholine rings is 1. The predicted molar refractivity (Wildman–Crippen MR) is 97.5 cm³/mol. The highest BCUT2D eigenvalue weighted by Crippen LogP contribution is 2.37. The summed E-state index contributed by atoms with van der Waals surface area (Å²) >= 11 is 0. The van der Waals surface area contributed by atoms with E-state index in [2.05, 4.69) is 9.89 Å². The van der Waals surface area contributed by atoms with Gasteiger partial charge in [0, 0.05) is 36.2 Å². The Morgan fingerprint density at radius 3 is 2.50 bits per heavy atom. The van der Waals surface area contributed by atoms with Crippen LogP contribution in [0.2, 0.25) is 0 Å². The molecule has 7 nitrogen and oxygen atoms in total. The average Bonchev–Trinajstić information content (AvgIpc) is 2.55. The van der Waals surface area contributed by atoms with Gasteiger partial charge in [-0.15, -0.1) is 0 Å². The first-order valence-corrected chi connectivity index (χ1v) is 9.01. The zero-order valence-corrected chi connectivity index (χ0v) is 16.0. The topological polar surface area (TPSA) is 96.3 Å². The van der Waals surface area contributed by atoms with Crippen molar-refractivity contribution in [3.05, 3.63) is 11.1 Å². The van der Waals surface area contributed by atoms with Gasteiger partial charge in [0.15, 0.2) is 5.78 Å². The van der Waals surface area contributed by atoms with E-state index in [9.17, 15) is 14.4 Å². The van der Waals surface area contributed by atoms with Crippen molar-refractivity contribution in [3.8, 4) is 0 Å². The lowest BCUT2D eigenvalue weighted by atomic mass is 9.69. The maximum absolute atomic E-state index is 13.0. The molecule has 1 N–H and O–H groups in total. The number of hydrogen-bond donors (Lipinski definition) is 1. The molecule has 1 unspecified atom stereocenters. The van der Waals surface area contributed by atoms with Gasteiger partial charge in [-0.05, 0) is 13.8 Å². The number of carboxylic acid groups (broad SMARTS) is 1. The molecule has 144 valence electrons. The van der Waals surface area contributed by atoms with E-state index in [-0.39, 0.29) is 29.3 Å². The lowest BCUT2D eigenvalue weighted by molar-refractivity contribution is -0.139. The molecular formula is C19H28N2O5. The molecule has 0 bridgehead atoms. The van der Waals surface area contributed by atoms with Crippen LogP contribution in [0.3, 0.4) is 0 Å². The minimum absolute atomic E-state index is 0.150. The van der Waals surface area contributed by atoms with Gasteiger partial charge in [0.2, 0.25) is 5.78 Å². The Labute approximate surface area is 154 Å². The van der Waals surface area contributed by atoms with E-state index in [1.54, 1.807) is 27.7 Å². The number of nitrogens with zero attached hydrogens (tertiary/aromatic N) is 2. The second kappa shape index (κ2) is 8.22. The zero-order valence-electron chi connectivity index (χ0n) is 16.0. The standard InChI is InChI=1S/C19H28N2O5/c1-12-15(19(3,4)11-14(22)23)18(25)16(13(2)17(12)24)20-5-6-21-7-9-26-10-8-21/h13H,5-11H2,1-4H3,(H,22,23). The van der Waals surface area contributed by atoms with Crippen molar-refractivity contribution >= 4 is 23.2 Å². The number of aliphatic imine (C=N–C) groups is 1. The second-order valence-electron chi connectivity index (χ2n) is 7.59. The van der Waals surface area contributed by atoms with Crippen LogP contribution in [0.1, 0.15) is 34.1 Å². The van der Waals surface area contributed by atoms with E-state index >= 15 is 0 Å². The predicted octanol–water partition coefficient (Wildman–Crippen LogP) is 1.36. The van der Waals surface area contributed by atoms with Crippen LogP contribution in [0.5, 0.6) is 0 Å². The Bertz CT molecular complexity index is 657. The van der Waals surface area contributed by atoms with E-state index in [0.29, 0.717) is 31.9 Å². The summed E-state index contributed by atoms with van der Waals surface area (Å²) in [6.07, 6.45) is -0.214. The Morgan fingerprint density at radius 2 is 1.92 bits per heavy atom. The van der Waals surface area contributed by atoms with Crippen molar-refractivity contribution < 1.29 is 24.2 Å². The van der Waals surface area contributed by atoms with E-state index < -0.39 is 17.3 Å². The number of carbonyl (C=O) groups is 3. The summed E-state index contributed by atoms with van der Waals surface area (Å²) in [5, 5.41) is 9.16. The molecule has 1 fully saturated rings. The summed E-state index contributed by atoms with van der Waals surface area (Å²) in [4.78, 5) is 43.5. The smallest absolute Gasteiger partial charge is 0.304 e. The van der Waals surface area contributed by atoms with Gasteiger partial charge in [0.1, 0.15) is 0 Å². The lowest BCUT2D eigenvalue weighted by Crippen LogP contribution is -2.42. The van der Waals surface area contributed by atoms with Gasteiger partial charge >= 0.3 is 5.97 Å². The highest BCUT2D eigenvalue weighted by atomic mass is 16.5. The number of carboxylic acids is 1. The van der Waals surface area contributed by atoms with Crippen LogP contribution >= 0.6 is 0 Å². The Kier molecular flexibility index (Phi) is 6.47. The number of hydrogen-bond acceptors (Lipinski definition) is 6. The van der Waals surface area contributed by atoms with Crippen LogP contribution in [0.4, 0.5) is 0 Å². The number of rotatable bonds is 6. The van der Waals surface area contributed by atoms with Gasteiger partial charge in [-0.3, -0.25) is 24.3 Å². The SMILES string of the molecule is CC1=C(C(C)(C)CC(=O)O)C(=O)C(=NCCN2CCOCC2)C(C)C1=O. The number of aliphatic carboxylic acids is 1. The van der Waals surface area contributed by atoms with Crippen molar-refractivity contribution in [2.45, 2.75) is 34.1 Å². The van der Waals surface area contributed by atoms with Crippen LogP contribution in [-0.4, -0.2) is 72.6 Å². The van der Waals surface area contributed by atoms with Gasteiger partial charge in [0.05, 0.1) is 37.8 Å². The molecule has 0 amide bonds. The molecule has 2 aliphatic rings. The maximum atomic E-state index is 13.0. The highest BCUT2D eigenvalue weighted by Gasteiger charge is 2.42. The molecule has 26 heavy (non-hydrogen) atoms. The Hall–Kier alpha value is -1.86. The molecule has 0 aromatic carbocycles. The fourth-order valence-corrected chi connectivity index (χ4v) is 3.69. The van der Waals surface area contributed by atoms with Crippen LogP contribution in [-0.2, 0) is 19.1 Å². The number of allylic oxidation sites excluding steroid dienone is 2. The first-order valence-electron chi connectivity index (χ1n) is 9.01. The summed E-state index contributed by atoms with van der Waals surface area (Å²) in [6.45, 7) is 10.9.